The van der Waals surface area contributed by atoms with Crippen molar-refractivity contribution in [1.29, 1.82) is 0 Å². The van der Waals surface area contributed by atoms with Gasteiger partial charge in [-0.1, -0.05) is 66.2 Å². The van der Waals surface area contributed by atoms with Crippen molar-refractivity contribution in [3.8, 4) is 5.75 Å². The highest BCUT2D eigenvalue weighted by Gasteiger charge is 2.32. The van der Waals surface area contributed by atoms with Crippen LogP contribution in [-0.4, -0.2) is 83.6 Å². The number of nitrogens with one attached hydrogen (secondary N) is 1. The number of para-hydroxylation sites is 3. The van der Waals surface area contributed by atoms with E-state index in [-0.39, 0.29) is 24.1 Å². The lowest BCUT2D eigenvalue weighted by Crippen LogP contribution is -2.35. The van der Waals surface area contributed by atoms with Gasteiger partial charge in [-0.15, -0.1) is 24.5 Å². The first-order valence-electron chi connectivity index (χ1n) is 18.2. The fraction of sp³-hybridized carbons (Fsp3) is 0.366. The number of imidazole rings is 1. The number of piperidine rings is 2. The Morgan fingerprint density at radius 1 is 0.741 bits per heavy atom. The highest BCUT2D eigenvalue weighted by molar-refractivity contribution is 7.18. The van der Waals surface area contributed by atoms with Gasteiger partial charge in [0.15, 0.2) is 0 Å². The molecule has 2 atom stereocenters. The molecule has 0 saturated carbocycles. The molecule has 4 aromatic carbocycles. The molecule has 0 bridgehead atoms. The second-order valence-electron chi connectivity index (χ2n) is 13.8. The summed E-state index contributed by atoms with van der Waals surface area (Å²) in [6, 6.07) is 29.6. The molecule has 284 valence electrons. The number of benzene rings is 4. The summed E-state index contributed by atoms with van der Waals surface area (Å²) in [5.74, 6) is 0.289. The van der Waals surface area contributed by atoms with Crippen molar-refractivity contribution in [3.63, 3.8) is 0 Å². The van der Waals surface area contributed by atoms with Crippen molar-refractivity contribution in [1.82, 2.24) is 24.8 Å². The number of ether oxygens (including phenoxy) is 3. The Hall–Kier alpha value is -4.04. The van der Waals surface area contributed by atoms with E-state index < -0.39 is 12.5 Å². The average molecular weight is 778 g/mol. The summed E-state index contributed by atoms with van der Waals surface area (Å²) >= 11 is 8.19. The van der Waals surface area contributed by atoms with E-state index in [9.17, 15) is 13.2 Å². The molecule has 0 spiro atoms. The highest BCUT2D eigenvalue weighted by Crippen LogP contribution is 2.38. The third-order valence-corrected chi connectivity index (χ3v) is 11.2. The van der Waals surface area contributed by atoms with E-state index in [0.717, 1.165) is 84.0 Å². The lowest BCUT2D eigenvalue weighted by atomic mass is 10.1. The van der Waals surface area contributed by atoms with Gasteiger partial charge in [-0.05, 0) is 87.8 Å². The van der Waals surface area contributed by atoms with Crippen molar-refractivity contribution in [2.24, 2.45) is 0 Å². The number of hydrogen-bond acceptors (Lipinski definition) is 8. The number of aromatic nitrogens is 3. The zero-order valence-corrected chi connectivity index (χ0v) is 31.7. The number of H-pyrrole nitrogens is 1. The molecule has 0 amide bonds. The van der Waals surface area contributed by atoms with E-state index in [2.05, 4.69) is 50.7 Å². The molecule has 1 N–H and O–H groups in total. The summed E-state index contributed by atoms with van der Waals surface area (Å²) < 4.78 is 56.2. The summed E-state index contributed by atoms with van der Waals surface area (Å²) in [7, 11) is 4.22. The molecule has 4 heterocycles. The molecule has 2 saturated heterocycles. The minimum absolute atomic E-state index is 0.00315. The Balaban J connectivity index is 0.000000168. The standard InChI is InChI=1S/C21H22F3N3O2.C20H21ClN2OS/c1-27-11-9-15(10-12-27)28-19(20-25-17-7-2-3-8-18(17)26-20)14-5-4-6-16(13-14)29-21(22,23)24;1-23-12-10-14(11-13-23)24-19(15-6-2-3-7-16(15)21)20-22-17-8-4-5-9-18(17)25-20/h2-8,13,15,19H,9-12H2,1H3,(H,25,26);2-9,14,19H,10-13H2,1H3. The van der Waals surface area contributed by atoms with Crippen molar-refractivity contribution >= 4 is 44.2 Å². The molecule has 2 aliphatic rings. The van der Waals surface area contributed by atoms with Crippen LogP contribution in [0.3, 0.4) is 0 Å². The molecule has 2 aliphatic heterocycles. The van der Waals surface area contributed by atoms with Gasteiger partial charge in [0, 0.05) is 36.8 Å². The smallest absolute Gasteiger partial charge is 0.406 e. The van der Waals surface area contributed by atoms with Gasteiger partial charge in [0.2, 0.25) is 0 Å². The minimum atomic E-state index is -4.75. The van der Waals surface area contributed by atoms with Gasteiger partial charge in [0.25, 0.3) is 0 Å². The van der Waals surface area contributed by atoms with Crippen LogP contribution in [-0.2, 0) is 9.47 Å². The molecule has 8 rings (SSSR count). The average Bonchev–Trinajstić information content (AvgIpc) is 3.79. The van der Waals surface area contributed by atoms with Crippen molar-refractivity contribution in [2.75, 3.05) is 40.3 Å². The number of aromatic amines is 1. The maximum Gasteiger partial charge on any atom is 0.573 e. The molecule has 2 fully saturated rings. The van der Waals surface area contributed by atoms with Crippen molar-refractivity contribution < 1.29 is 27.4 Å². The summed E-state index contributed by atoms with van der Waals surface area (Å²) in [6.07, 6.45) is -1.54. The molecule has 0 radical (unpaired) electrons. The van der Waals surface area contributed by atoms with Crippen LogP contribution in [0.2, 0.25) is 5.02 Å². The number of nitrogens with zero attached hydrogens (tertiary/aromatic N) is 4. The molecule has 13 heteroatoms. The van der Waals surface area contributed by atoms with Gasteiger partial charge >= 0.3 is 6.36 Å². The SMILES string of the molecule is CN1CCC(OC(c2cccc(OC(F)(F)F)c2)c2nc3ccccc3[nH]2)CC1.CN1CCC(OC(c2nc3ccccc3s2)c2ccccc2Cl)CC1. The summed E-state index contributed by atoms with van der Waals surface area (Å²) in [5, 5.41) is 1.72. The predicted octanol–water partition coefficient (Wildman–Crippen LogP) is 9.81. The Labute approximate surface area is 321 Å². The number of rotatable bonds is 9. The van der Waals surface area contributed by atoms with Crippen molar-refractivity contribution in [3.05, 3.63) is 124 Å². The quantitative estimate of drug-likeness (QED) is 0.157. The van der Waals surface area contributed by atoms with E-state index in [1.165, 1.54) is 22.9 Å². The molecule has 8 nitrogen and oxygen atoms in total. The lowest BCUT2D eigenvalue weighted by molar-refractivity contribution is -0.274. The summed E-state index contributed by atoms with van der Waals surface area (Å²) in [6.45, 7) is 3.96. The zero-order valence-electron chi connectivity index (χ0n) is 30.1. The minimum Gasteiger partial charge on any atom is -0.406 e. The molecule has 0 aliphatic carbocycles. The van der Waals surface area contributed by atoms with Crippen LogP contribution in [0.4, 0.5) is 13.2 Å². The van der Waals surface area contributed by atoms with Gasteiger partial charge < -0.3 is 29.0 Å². The van der Waals surface area contributed by atoms with Gasteiger partial charge in [0.05, 0.1) is 33.5 Å². The first-order chi connectivity index (χ1) is 26.1. The zero-order chi connectivity index (χ0) is 37.7. The van der Waals surface area contributed by atoms with Crippen molar-refractivity contribution in [2.45, 2.75) is 56.5 Å². The number of alkyl halides is 3. The summed E-state index contributed by atoms with van der Waals surface area (Å²) in [4.78, 5) is 17.3. The topological polar surface area (TPSA) is 75.7 Å². The monoisotopic (exact) mass is 777 g/mol. The van der Waals surface area contributed by atoms with Crippen LogP contribution in [0.5, 0.6) is 5.75 Å². The van der Waals surface area contributed by atoms with E-state index in [1.807, 2.05) is 60.7 Å². The van der Waals surface area contributed by atoms with Crippen LogP contribution < -0.4 is 4.74 Å². The van der Waals surface area contributed by atoms with E-state index >= 15 is 0 Å². The number of thiazole rings is 1. The summed E-state index contributed by atoms with van der Waals surface area (Å²) in [5.41, 5.74) is 4.21. The Bertz CT molecular complexity index is 2060. The third kappa shape index (κ3) is 9.79. The fourth-order valence-electron chi connectivity index (χ4n) is 6.85. The number of hydrogen-bond donors (Lipinski definition) is 1. The maximum atomic E-state index is 12.7. The lowest BCUT2D eigenvalue weighted by Gasteiger charge is -2.31. The van der Waals surface area contributed by atoms with Gasteiger partial charge in [-0.25, -0.2) is 9.97 Å². The second kappa shape index (κ2) is 17.2. The normalized spacial score (nSPS) is 17.7. The largest absolute Gasteiger partial charge is 0.573 e. The van der Waals surface area contributed by atoms with E-state index in [0.29, 0.717) is 11.4 Å². The van der Waals surface area contributed by atoms with Crippen LogP contribution in [0, 0.1) is 0 Å². The first kappa shape index (κ1) is 38.2. The van der Waals surface area contributed by atoms with Crippen LogP contribution in [0.1, 0.15) is 59.9 Å². The van der Waals surface area contributed by atoms with Crippen LogP contribution in [0.15, 0.2) is 97.1 Å². The fourth-order valence-corrected chi connectivity index (χ4v) is 8.11. The van der Waals surface area contributed by atoms with E-state index in [4.69, 9.17) is 26.1 Å². The molecule has 6 aromatic rings. The first-order valence-corrected chi connectivity index (χ1v) is 19.4. The van der Waals surface area contributed by atoms with Crippen LogP contribution >= 0.6 is 22.9 Å². The molecular formula is C41H43ClF3N5O3S. The Morgan fingerprint density at radius 3 is 2.00 bits per heavy atom. The number of likely N-dealkylation sites (tertiary alicyclic amines) is 2. The number of fused-ring (bicyclic) bond motifs is 2. The number of halogens is 4. The highest BCUT2D eigenvalue weighted by atomic mass is 35.5. The molecule has 2 unspecified atom stereocenters. The predicted molar refractivity (Wildman–Crippen MR) is 207 cm³/mol. The molecular weight excluding hydrogens is 735 g/mol. The molecule has 54 heavy (non-hydrogen) atoms. The van der Waals surface area contributed by atoms with Gasteiger partial charge in [-0.2, -0.15) is 0 Å². The molecule has 2 aromatic heterocycles. The van der Waals surface area contributed by atoms with Gasteiger partial charge in [-0.3, -0.25) is 0 Å². The van der Waals surface area contributed by atoms with E-state index in [1.54, 1.807) is 17.4 Å². The Kier molecular flexibility index (Phi) is 12.2. The third-order valence-electron chi connectivity index (χ3n) is 9.76. The second-order valence-corrected chi connectivity index (χ2v) is 15.3. The van der Waals surface area contributed by atoms with Crippen LogP contribution in [0.25, 0.3) is 21.3 Å². The van der Waals surface area contributed by atoms with Gasteiger partial charge in [0.1, 0.15) is 28.8 Å². The Morgan fingerprint density at radius 2 is 1.35 bits per heavy atom. The maximum absolute atomic E-state index is 12.7.